The molecule has 0 aliphatic rings. The molecule has 128 valence electrons. The Labute approximate surface area is 138 Å². The van der Waals surface area contributed by atoms with E-state index in [1.54, 1.807) is 26.0 Å². The number of nitro groups is 1. The van der Waals surface area contributed by atoms with Gasteiger partial charge in [0.1, 0.15) is 4.90 Å². The van der Waals surface area contributed by atoms with Gasteiger partial charge in [-0.25, -0.2) is 0 Å². The maximum atomic E-state index is 12.3. The Bertz CT molecular complexity index is 945. The van der Waals surface area contributed by atoms with Gasteiger partial charge in [0.05, 0.1) is 4.92 Å². The van der Waals surface area contributed by atoms with Gasteiger partial charge in [-0.1, -0.05) is 24.6 Å². The van der Waals surface area contributed by atoms with E-state index in [4.69, 9.17) is 4.18 Å². The fourth-order valence-electron chi connectivity index (χ4n) is 2.24. The number of aromatic amines is 1. The zero-order valence-corrected chi connectivity index (χ0v) is 14.1. The first-order valence-corrected chi connectivity index (χ1v) is 8.49. The minimum Gasteiger partial charge on any atom is -0.352 e. The second-order valence-corrected chi connectivity index (χ2v) is 6.74. The molecule has 0 amide bonds. The molecule has 0 saturated carbocycles. The van der Waals surface area contributed by atoms with Crippen LogP contribution in [0.2, 0.25) is 0 Å². The third kappa shape index (κ3) is 3.30. The van der Waals surface area contributed by atoms with Crippen molar-refractivity contribution in [2.45, 2.75) is 32.1 Å². The number of hydrogen-bond acceptors (Lipinski definition) is 6. The van der Waals surface area contributed by atoms with Gasteiger partial charge in [-0.2, -0.15) is 8.42 Å². The highest BCUT2D eigenvalue weighted by molar-refractivity contribution is 7.87. The molecule has 0 bridgehead atoms. The van der Waals surface area contributed by atoms with Crippen molar-refractivity contribution in [3.8, 4) is 5.88 Å². The van der Waals surface area contributed by atoms with Gasteiger partial charge in [-0.3, -0.25) is 14.9 Å². The van der Waals surface area contributed by atoms with Crippen LogP contribution in [0.25, 0.3) is 0 Å². The lowest BCUT2D eigenvalue weighted by atomic mass is 10.1. The van der Waals surface area contributed by atoms with Gasteiger partial charge in [0, 0.05) is 11.3 Å². The maximum Gasteiger partial charge on any atom is 0.377 e. The molecular formula is C15H16N2O6S. The van der Waals surface area contributed by atoms with E-state index < -0.39 is 32.0 Å². The van der Waals surface area contributed by atoms with Crippen LogP contribution >= 0.6 is 0 Å². The molecule has 2 aromatic rings. The van der Waals surface area contributed by atoms with E-state index in [0.29, 0.717) is 5.69 Å². The Morgan fingerprint density at radius 2 is 1.79 bits per heavy atom. The van der Waals surface area contributed by atoms with E-state index in [1.165, 1.54) is 19.1 Å². The molecule has 24 heavy (non-hydrogen) atoms. The van der Waals surface area contributed by atoms with Gasteiger partial charge in [0.25, 0.3) is 11.3 Å². The topological polar surface area (TPSA) is 119 Å². The molecule has 1 N–H and O–H groups in total. The fraction of sp³-hybridized carbons (Fsp3) is 0.267. The number of aromatic nitrogens is 1. The number of H-pyrrole nitrogens is 1. The van der Waals surface area contributed by atoms with Crippen molar-refractivity contribution >= 4 is 15.8 Å². The van der Waals surface area contributed by atoms with E-state index in [1.807, 2.05) is 0 Å². The second-order valence-electron chi connectivity index (χ2n) is 5.20. The largest absolute Gasteiger partial charge is 0.377 e. The van der Waals surface area contributed by atoms with Gasteiger partial charge in [-0.05, 0) is 32.4 Å². The van der Waals surface area contributed by atoms with Crippen molar-refractivity contribution in [2.75, 3.05) is 0 Å². The highest BCUT2D eigenvalue weighted by Gasteiger charge is 2.29. The predicted octanol–water partition coefficient (Wildman–Crippen LogP) is 2.23. The van der Waals surface area contributed by atoms with E-state index in [-0.39, 0.29) is 16.9 Å². The smallest absolute Gasteiger partial charge is 0.352 e. The molecule has 0 fully saturated rings. The van der Waals surface area contributed by atoms with Crippen LogP contribution in [0.1, 0.15) is 23.7 Å². The molecule has 1 aromatic heterocycles. The van der Waals surface area contributed by atoms with Crippen molar-refractivity contribution in [3.63, 3.8) is 0 Å². The first-order chi connectivity index (χ1) is 11.2. The SMILES string of the molecule is CCc1c(C)[nH]c(OS(=O)(=O)c2ccc(C)cc2)c([N+](=O)[O-])c1=O. The summed E-state index contributed by atoms with van der Waals surface area (Å²) in [6, 6.07) is 5.78. The summed E-state index contributed by atoms with van der Waals surface area (Å²) in [5.41, 5.74) is -0.401. The minimum absolute atomic E-state index is 0.166. The molecule has 0 aliphatic heterocycles. The normalized spacial score (nSPS) is 11.3. The van der Waals surface area contributed by atoms with Crippen molar-refractivity contribution < 1.29 is 17.5 Å². The van der Waals surface area contributed by atoms with E-state index in [0.717, 1.165) is 5.56 Å². The van der Waals surface area contributed by atoms with Gasteiger partial charge >= 0.3 is 15.8 Å². The lowest BCUT2D eigenvalue weighted by molar-refractivity contribution is -0.387. The van der Waals surface area contributed by atoms with Crippen LogP contribution in [-0.2, 0) is 16.5 Å². The van der Waals surface area contributed by atoms with Gasteiger partial charge < -0.3 is 9.17 Å². The molecule has 0 atom stereocenters. The summed E-state index contributed by atoms with van der Waals surface area (Å²) in [4.78, 5) is 24.8. The highest BCUT2D eigenvalue weighted by atomic mass is 32.2. The summed E-state index contributed by atoms with van der Waals surface area (Å²) in [5, 5.41) is 11.2. The summed E-state index contributed by atoms with van der Waals surface area (Å²) in [5.74, 6) is -0.694. The van der Waals surface area contributed by atoms with Crippen LogP contribution in [0.15, 0.2) is 34.0 Å². The maximum absolute atomic E-state index is 12.3. The fourth-order valence-corrected chi connectivity index (χ4v) is 3.14. The third-order valence-corrected chi connectivity index (χ3v) is 4.73. The zero-order chi connectivity index (χ0) is 18.1. The quantitative estimate of drug-likeness (QED) is 0.500. The molecule has 2 rings (SSSR count). The Balaban J connectivity index is 2.59. The number of pyridine rings is 1. The zero-order valence-electron chi connectivity index (χ0n) is 13.3. The molecular weight excluding hydrogens is 336 g/mol. The molecule has 0 saturated heterocycles. The predicted molar refractivity (Wildman–Crippen MR) is 86.8 cm³/mol. The Hall–Kier alpha value is -2.68. The van der Waals surface area contributed by atoms with Gasteiger partial charge in [0.15, 0.2) is 0 Å². The molecule has 0 unspecified atom stereocenters. The average Bonchev–Trinajstić information content (AvgIpc) is 2.46. The Kier molecular flexibility index (Phi) is 4.74. The molecule has 1 heterocycles. The highest BCUT2D eigenvalue weighted by Crippen LogP contribution is 2.26. The molecule has 0 aliphatic carbocycles. The van der Waals surface area contributed by atoms with Crippen molar-refractivity contribution in [1.82, 2.24) is 4.98 Å². The average molecular weight is 352 g/mol. The summed E-state index contributed by atoms with van der Waals surface area (Å²) in [7, 11) is -4.31. The third-order valence-electron chi connectivity index (χ3n) is 3.50. The van der Waals surface area contributed by atoms with Crippen LogP contribution in [-0.4, -0.2) is 18.3 Å². The van der Waals surface area contributed by atoms with E-state index in [9.17, 15) is 23.3 Å². The van der Waals surface area contributed by atoms with E-state index in [2.05, 4.69) is 4.98 Å². The Morgan fingerprint density at radius 1 is 1.21 bits per heavy atom. The minimum atomic E-state index is -4.31. The van der Waals surface area contributed by atoms with Crippen LogP contribution in [0.4, 0.5) is 5.69 Å². The molecule has 0 radical (unpaired) electrons. The van der Waals surface area contributed by atoms with Crippen LogP contribution in [0, 0.1) is 24.0 Å². The Morgan fingerprint density at radius 3 is 2.29 bits per heavy atom. The van der Waals surface area contributed by atoms with Crippen molar-refractivity contribution in [2.24, 2.45) is 0 Å². The number of hydrogen-bond donors (Lipinski definition) is 1. The summed E-state index contributed by atoms with van der Waals surface area (Å²) in [6.45, 7) is 4.98. The molecule has 0 spiro atoms. The lowest BCUT2D eigenvalue weighted by Gasteiger charge is -2.10. The number of nitrogens with zero attached hydrogens (tertiary/aromatic N) is 1. The van der Waals surface area contributed by atoms with Crippen molar-refractivity contribution in [1.29, 1.82) is 0 Å². The second kappa shape index (κ2) is 6.44. The number of nitrogens with one attached hydrogen (secondary N) is 1. The first kappa shape index (κ1) is 17.7. The standard InChI is InChI=1S/C15H16N2O6S/c1-4-12-10(3)16-15(13(14(12)18)17(19)20)23-24(21,22)11-7-5-9(2)6-8-11/h5-8H,4H2,1-3H3,(H,16,18). The number of rotatable bonds is 5. The van der Waals surface area contributed by atoms with Crippen molar-refractivity contribution in [3.05, 3.63) is 61.4 Å². The van der Waals surface area contributed by atoms with Crippen LogP contribution in [0.5, 0.6) is 5.88 Å². The van der Waals surface area contributed by atoms with Gasteiger partial charge in [-0.15, -0.1) is 0 Å². The summed E-state index contributed by atoms with van der Waals surface area (Å²) < 4.78 is 29.5. The molecule has 1 aromatic carbocycles. The summed E-state index contributed by atoms with van der Waals surface area (Å²) in [6.07, 6.45) is 0.271. The van der Waals surface area contributed by atoms with Crippen LogP contribution < -0.4 is 9.61 Å². The monoisotopic (exact) mass is 352 g/mol. The first-order valence-electron chi connectivity index (χ1n) is 7.08. The van der Waals surface area contributed by atoms with Crippen LogP contribution in [0.3, 0.4) is 0 Å². The molecule has 9 heteroatoms. The van der Waals surface area contributed by atoms with Gasteiger partial charge in [0.2, 0.25) is 0 Å². The van der Waals surface area contributed by atoms with E-state index >= 15 is 0 Å². The number of benzene rings is 1. The lowest BCUT2D eigenvalue weighted by Crippen LogP contribution is -2.20. The number of aryl methyl sites for hydroxylation is 2. The molecule has 8 nitrogen and oxygen atoms in total. The summed E-state index contributed by atoms with van der Waals surface area (Å²) >= 11 is 0.